The number of benzene rings is 2. The molecular formula is C18H19FN2O2. The molecule has 0 saturated heterocycles. The molecule has 0 fully saturated rings. The van der Waals surface area contributed by atoms with Gasteiger partial charge in [-0.05, 0) is 48.9 Å². The van der Waals surface area contributed by atoms with Gasteiger partial charge in [-0.3, -0.25) is 9.59 Å². The van der Waals surface area contributed by atoms with Crippen LogP contribution in [-0.2, 0) is 16.0 Å². The maximum absolute atomic E-state index is 13.0. The van der Waals surface area contributed by atoms with Crippen molar-refractivity contribution in [3.63, 3.8) is 0 Å². The molecule has 4 nitrogen and oxygen atoms in total. The first-order chi connectivity index (χ1) is 11.0. The van der Waals surface area contributed by atoms with Crippen LogP contribution in [0.2, 0.25) is 0 Å². The Labute approximate surface area is 134 Å². The van der Waals surface area contributed by atoms with Crippen LogP contribution in [0.5, 0.6) is 0 Å². The van der Waals surface area contributed by atoms with Gasteiger partial charge in [0, 0.05) is 24.8 Å². The van der Waals surface area contributed by atoms with Crippen LogP contribution < -0.4 is 10.2 Å². The van der Waals surface area contributed by atoms with E-state index in [4.69, 9.17) is 0 Å². The minimum absolute atomic E-state index is 0.0635. The van der Waals surface area contributed by atoms with Crippen LogP contribution in [-0.4, -0.2) is 18.4 Å². The van der Waals surface area contributed by atoms with Crippen LogP contribution in [0.4, 0.5) is 15.8 Å². The molecule has 0 aromatic heterocycles. The second-order valence-electron chi connectivity index (χ2n) is 5.17. The van der Waals surface area contributed by atoms with Gasteiger partial charge in [0.05, 0.1) is 6.42 Å². The summed E-state index contributed by atoms with van der Waals surface area (Å²) in [6.45, 7) is 3.83. The predicted molar refractivity (Wildman–Crippen MR) is 88.9 cm³/mol. The van der Waals surface area contributed by atoms with Crippen molar-refractivity contribution in [2.75, 3.05) is 16.8 Å². The van der Waals surface area contributed by atoms with E-state index in [9.17, 15) is 14.0 Å². The van der Waals surface area contributed by atoms with Gasteiger partial charge in [-0.1, -0.05) is 12.1 Å². The van der Waals surface area contributed by atoms with Crippen molar-refractivity contribution in [3.8, 4) is 0 Å². The average Bonchev–Trinajstić information content (AvgIpc) is 2.51. The van der Waals surface area contributed by atoms with Gasteiger partial charge in [0.2, 0.25) is 11.8 Å². The number of halogens is 1. The highest BCUT2D eigenvalue weighted by Gasteiger charge is 2.14. The molecule has 1 N–H and O–H groups in total. The molecule has 2 aromatic rings. The lowest BCUT2D eigenvalue weighted by atomic mass is 10.1. The minimum Gasteiger partial charge on any atom is -0.326 e. The molecule has 0 aliphatic carbocycles. The van der Waals surface area contributed by atoms with Crippen molar-refractivity contribution >= 4 is 23.2 Å². The van der Waals surface area contributed by atoms with Crippen molar-refractivity contribution < 1.29 is 14.0 Å². The maximum Gasteiger partial charge on any atom is 0.231 e. The number of carbonyl (C=O) groups excluding carboxylic acids is 2. The molecule has 2 aromatic carbocycles. The fourth-order valence-electron chi connectivity index (χ4n) is 2.30. The lowest BCUT2D eigenvalue weighted by molar-refractivity contribution is -0.118. The van der Waals surface area contributed by atoms with E-state index in [2.05, 4.69) is 5.32 Å². The van der Waals surface area contributed by atoms with E-state index in [1.54, 1.807) is 29.2 Å². The maximum atomic E-state index is 13.0. The molecule has 0 bridgehead atoms. The standard InChI is InChI=1S/C18H19FN2O2/c1-3-21(17-10-6-15(19)7-11-17)18(23)12-14-4-8-16(9-5-14)20-13(2)22/h4-11H,3,12H2,1-2H3,(H,20,22). The molecule has 5 heteroatoms. The van der Waals surface area contributed by atoms with E-state index < -0.39 is 0 Å². The van der Waals surface area contributed by atoms with E-state index in [0.29, 0.717) is 17.9 Å². The summed E-state index contributed by atoms with van der Waals surface area (Å²) in [5, 5.41) is 2.68. The van der Waals surface area contributed by atoms with Gasteiger partial charge in [-0.2, -0.15) is 0 Å². The highest BCUT2D eigenvalue weighted by Crippen LogP contribution is 2.17. The topological polar surface area (TPSA) is 49.4 Å². The summed E-state index contributed by atoms with van der Waals surface area (Å²) in [5.74, 6) is -0.528. The fraction of sp³-hybridized carbons (Fsp3) is 0.222. The Morgan fingerprint density at radius 3 is 2.17 bits per heavy atom. The van der Waals surface area contributed by atoms with Crippen molar-refractivity contribution in [1.82, 2.24) is 0 Å². The number of hydrogen-bond donors (Lipinski definition) is 1. The van der Waals surface area contributed by atoms with Crippen molar-refractivity contribution in [2.24, 2.45) is 0 Å². The number of anilines is 2. The summed E-state index contributed by atoms with van der Waals surface area (Å²) in [4.78, 5) is 25.1. The molecule has 0 heterocycles. The number of carbonyl (C=O) groups is 2. The van der Waals surface area contributed by atoms with Crippen molar-refractivity contribution in [3.05, 3.63) is 59.9 Å². The number of likely N-dealkylation sites (N-methyl/N-ethyl adjacent to an activating group) is 1. The molecule has 0 atom stereocenters. The normalized spacial score (nSPS) is 10.2. The summed E-state index contributed by atoms with van der Waals surface area (Å²) >= 11 is 0. The summed E-state index contributed by atoms with van der Waals surface area (Å²) in [6.07, 6.45) is 0.242. The van der Waals surface area contributed by atoms with E-state index in [0.717, 1.165) is 5.56 Å². The Morgan fingerprint density at radius 2 is 1.65 bits per heavy atom. The largest absolute Gasteiger partial charge is 0.326 e. The van der Waals surface area contributed by atoms with Crippen molar-refractivity contribution in [2.45, 2.75) is 20.3 Å². The van der Waals surface area contributed by atoms with E-state index >= 15 is 0 Å². The quantitative estimate of drug-likeness (QED) is 0.920. The van der Waals surface area contributed by atoms with Crippen LogP contribution in [0.15, 0.2) is 48.5 Å². The lowest BCUT2D eigenvalue weighted by Crippen LogP contribution is -2.31. The predicted octanol–water partition coefficient (Wildman–Crippen LogP) is 3.38. The molecule has 0 aliphatic heterocycles. The second-order valence-corrected chi connectivity index (χ2v) is 5.17. The molecule has 0 spiro atoms. The third kappa shape index (κ3) is 4.64. The van der Waals surface area contributed by atoms with Gasteiger partial charge in [0.1, 0.15) is 5.82 Å². The van der Waals surface area contributed by atoms with E-state index in [1.165, 1.54) is 19.1 Å². The molecule has 0 unspecified atom stereocenters. The first kappa shape index (κ1) is 16.7. The van der Waals surface area contributed by atoms with Gasteiger partial charge in [0.15, 0.2) is 0 Å². The first-order valence-electron chi connectivity index (χ1n) is 7.42. The SMILES string of the molecule is CCN(C(=O)Cc1ccc(NC(C)=O)cc1)c1ccc(F)cc1. The van der Waals surface area contributed by atoms with Gasteiger partial charge in [-0.15, -0.1) is 0 Å². The number of rotatable bonds is 5. The number of hydrogen-bond acceptors (Lipinski definition) is 2. The van der Waals surface area contributed by atoms with Crippen molar-refractivity contribution in [1.29, 1.82) is 0 Å². The third-order valence-electron chi connectivity index (χ3n) is 3.39. The summed E-state index contributed by atoms with van der Waals surface area (Å²) < 4.78 is 13.0. The molecular weight excluding hydrogens is 295 g/mol. The monoisotopic (exact) mass is 314 g/mol. The molecule has 0 radical (unpaired) electrons. The minimum atomic E-state index is -0.328. The zero-order chi connectivity index (χ0) is 16.8. The van der Waals surface area contributed by atoms with Crippen LogP contribution in [0.3, 0.4) is 0 Å². The molecule has 2 rings (SSSR count). The highest BCUT2D eigenvalue weighted by molar-refractivity contribution is 5.94. The average molecular weight is 314 g/mol. The smallest absolute Gasteiger partial charge is 0.231 e. The Balaban J connectivity index is 2.07. The Bertz CT molecular complexity index is 681. The zero-order valence-corrected chi connectivity index (χ0v) is 13.2. The number of amides is 2. The fourth-order valence-corrected chi connectivity index (χ4v) is 2.30. The molecule has 120 valence electrons. The highest BCUT2D eigenvalue weighted by atomic mass is 19.1. The molecule has 0 aliphatic rings. The van der Waals surface area contributed by atoms with Crippen LogP contribution in [0.25, 0.3) is 0 Å². The first-order valence-corrected chi connectivity index (χ1v) is 7.42. The van der Waals surface area contributed by atoms with E-state index in [-0.39, 0.29) is 24.1 Å². The Hall–Kier alpha value is -2.69. The molecule has 2 amide bonds. The zero-order valence-electron chi connectivity index (χ0n) is 13.2. The Morgan fingerprint density at radius 1 is 1.04 bits per heavy atom. The molecule has 0 saturated carbocycles. The summed E-state index contributed by atoms with van der Waals surface area (Å²) in [7, 11) is 0. The summed E-state index contributed by atoms with van der Waals surface area (Å²) in [6, 6.07) is 13.0. The number of nitrogens with zero attached hydrogens (tertiary/aromatic N) is 1. The molecule has 23 heavy (non-hydrogen) atoms. The van der Waals surface area contributed by atoms with Crippen LogP contribution >= 0.6 is 0 Å². The van der Waals surface area contributed by atoms with Gasteiger partial charge < -0.3 is 10.2 Å². The third-order valence-corrected chi connectivity index (χ3v) is 3.39. The summed E-state index contributed by atoms with van der Waals surface area (Å²) in [5.41, 5.74) is 2.22. The lowest BCUT2D eigenvalue weighted by Gasteiger charge is -2.21. The van der Waals surface area contributed by atoms with Gasteiger partial charge in [-0.25, -0.2) is 4.39 Å². The van der Waals surface area contributed by atoms with Gasteiger partial charge >= 0.3 is 0 Å². The van der Waals surface area contributed by atoms with Crippen LogP contribution in [0.1, 0.15) is 19.4 Å². The van der Waals surface area contributed by atoms with E-state index in [1.807, 2.05) is 19.1 Å². The van der Waals surface area contributed by atoms with Crippen LogP contribution in [0, 0.1) is 5.82 Å². The number of nitrogens with one attached hydrogen (secondary N) is 1. The second kappa shape index (κ2) is 7.54. The Kier molecular flexibility index (Phi) is 5.46. The van der Waals surface area contributed by atoms with Gasteiger partial charge in [0.25, 0.3) is 0 Å².